The molecule has 0 amide bonds. The fourth-order valence-electron chi connectivity index (χ4n) is 1.58. The first-order valence-corrected chi connectivity index (χ1v) is 5.39. The van der Waals surface area contributed by atoms with E-state index >= 15 is 0 Å². The Morgan fingerprint density at radius 2 is 2.35 bits per heavy atom. The topological polar surface area (TPSA) is 54.0 Å². The van der Waals surface area contributed by atoms with Gasteiger partial charge in [0.15, 0.2) is 11.5 Å². The number of hydrogen-bond donors (Lipinski definition) is 0. The molecule has 1 aromatic carbocycles. The minimum atomic E-state index is -0.737. The largest absolute Gasteiger partial charge is 0.493 e. The molecule has 0 bridgehead atoms. The van der Waals surface area contributed by atoms with Crippen molar-refractivity contribution in [2.45, 2.75) is 13.0 Å². The zero-order valence-electron chi connectivity index (χ0n) is 9.76. The van der Waals surface area contributed by atoms with Crippen molar-refractivity contribution in [1.29, 1.82) is 0 Å². The molecule has 5 nitrogen and oxygen atoms in total. The average Bonchev–Trinajstić information content (AvgIpc) is 2.37. The van der Waals surface area contributed by atoms with E-state index < -0.39 is 12.1 Å². The fourth-order valence-corrected chi connectivity index (χ4v) is 1.58. The second-order valence-electron chi connectivity index (χ2n) is 3.46. The Morgan fingerprint density at radius 3 is 3.06 bits per heavy atom. The maximum Gasteiger partial charge on any atom is 0.350 e. The second kappa shape index (κ2) is 4.95. The molecule has 0 N–H and O–H groups in total. The zero-order chi connectivity index (χ0) is 12.3. The molecule has 1 unspecified atom stereocenters. The summed E-state index contributed by atoms with van der Waals surface area (Å²) < 4.78 is 21.0. The van der Waals surface area contributed by atoms with Crippen molar-refractivity contribution in [1.82, 2.24) is 0 Å². The van der Waals surface area contributed by atoms with Gasteiger partial charge in [-0.1, -0.05) is 6.07 Å². The van der Waals surface area contributed by atoms with E-state index in [9.17, 15) is 4.79 Å². The van der Waals surface area contributed by atoms with Crippen LogP contribution in [0.3, 0.4) is 0 Å². The maximum absolute atomic E-state index is 11.5. The van der Waals surface area contributed by atoms with Crippen LogP contribution in [-0.4, -0.2) is 32.4 Å². The van der Waals surface area contributed by atoms with E-state index in [-0.39, 0.29) is 6.61 Å². The van der Waals surface area contributed by atoms with E-state index in [1.165, 1.54) is 7.11 Å². The molecule has 92 valence electrons. The Kier molecular flexibility index (Phi) is 3.37. The van der Waals surface area contributed by atoms with Crippen LogP contribution in [0.2, 0.25) is 0 Å². The van der Waals surface area contributed by atoms with Gasteiger partial charge in [-0.3, -0.25) is 0 Å². The van der Waals surface area contributed by atoms with E-state index in [0.717, 1.165) is 0 Å². The lowest BCUT2D eigenvalue weighted by Gasteiger charge is -2.26. The molecule has 0 fully saturated rings. The molecule has 1 aromatic rings. The van der Waals surface area contributed by atoms with Gasteiger partial charge in [0.25, 0.3) is 0 Å². The molecule has 0 aliphatic carbocycles. The van der Waals surface area contributed by atoms with E-state index in [4.69, 9.17) is 18.9 Å². The minimum Gasteiger partial charge on any atom is -0.493 e. The average molecular weight is 238 g/mol. The molecule has 1 heterocycles. The number of para-hydroxylation sites is 1. The first kappa shape index (κ1) is 11.6. The van der Waals surface area contributed by atoms with Crippen LogP contribution in [0.1, 0.15) is 6.92 Å². The van der Waals surface area contributed by atoms with Crippen molar-refractivity contribution in [2.24, 2.45) is 0 Å². The summed E-state index contributed by atoms with van der Waals surface area (Å²) in [7, 11) is 1.53. The Hall–Kier alpha value is -1.91. The second-order valence-corrected chi connectivity index (χ2v) is 3.46. The molecule has 1 aliphatic rings. The van der Waals surface area contributed by atoms with E-state index in [2.05, 4.69) is 0 Å². The Morgan fingerprint density at radius 1 is 1.53 bits per heavy atom. The van der Waals surface area contributed by atoms with Crippen LogP contribution in [0, 0.1) is 0 Å². The highest BCUT2D eigenvalue weighted by Gasteiger charge is 2.30. The molecule has 0 aromatic heterocycles. The van der Waals surface area contributed by atoms with Gasteiger partial charge in [-0.15, -0.1) is 0 Å². The Balaban J connectivity index is 2.19. The molecule has 0 radical (unpaired) electrons. The van der Waals surface area contributed by atoms with Gasteiger partial charge in [0.1, 0.15) is 6.61 Å². The van der Waals surface area contributed by atoms with Crippen LogP contribution in [0.5, 0.6) is 17.2 Å². The van der Waals surface area contributed by atoms with Crippen LogP contribution in [0.4, 0.5) is 0 Å². The number of hydrogen-bond acceptors (Lipinski definition) is 5. The number of esters is 1. The van der Waals surface area contributed by atoms with Gasteiger partial charge in [0, 0.05) is 0 Å². The van der Waals surface area contributed by atoms with Crippen LogP contribution < -0.4 is 14.2 Å². The van der Waals surface area contributed by atoms with E-state index in [1.807, 2.05) is 0 Å². The normalized spacial score (nSPS) is 17.4. The third-order valence-corrected chi connectivity index (χ3v) is 2.36. The van der Waals surface area contributed by atoms with E-state index in [0.29, 0.717) is 23.9 Å². The molecule has 0 saturated heterocycles. The smallest absolute Gasteiger partial charge is 0.350 e. The van der Waals surface area contributed by atoms with Gasteiger partial charge in [-0.05, 0) is 19.1 Å². The predicted octanol–water partition coefficient (Wildman–Crippen LogP) is 1.40. The standard InChI is InChI=1S/C12H14O5/c1-3-15-12(13)10-7-16-9-6-4-5-8(14-2)11(9)17-10/h4-6,10H,3,7H2,1-2H3. The van der Waals surface area contributed by atoms with Crippen molar-refractivity contribution >= 4 is 5.97 Å². The highest BCUT2D eigenvalue weighted by Crippen LogP contribution is 2.40. The summed E-state index contributed by atoms with van der Waals surface area (Å²) in [6.45, 7) is 2.21. The maximum atomic E-state index is 11.5. The Labute approximate surface area is 99.2 Å². The first-order chi connectivity index (χ1) is 8.26. The zero-order valence-corrected chi connectivity index (χ0v) is 9.76. The highest BCUT2D eigenvalue weighted by molar-refractivity contribution is 5.76. The van der Waals surface area contributed by atoms with Gasteiger partial charge in [0.05, 0.1) is 13.7 Å². The van der Waals surface area contributed by atoms with Crippen LogP contribution >= 0.6 is 0 Å². The van der Waals surface area contributed by atoms with E-state index in [1.54, 1.807) is 25.1 Å². The van der Waals surface area contributed by atoms with Crippen LogP contribution in [0.25, 0.3) is 0 Å². The molecule has 17 heavy (non-hydrogen) atoms. The van der Waals surface area contributed by atoms with Gasteiger partial charge < -0.3 is 18.9 Å². The van der Waals surface area contributed by atoms with Crippen molar-refractivity contribution in [2.75, 3.05) is 20.3 Å². The van der Waals surface area contributed by atoms with Crippen molar-refractivity contribution in [3.63, 3.8) is 0 Å². The van der Waals surface area contributed by atoms with Crippen LogP contribution in [-0.2, 0) is 9.53 Å². The third-order valence-electron chi connectivity index (χ3n) is 2.36. The monoisotopic (exact) mass is 238 g/mol. The quantitative estimate of drug-likeness (QED) is 0.745. The molecular weight excluding hydrogens is 224 g/mol. The number of carbonyl (C=O) groups is 1. The summed E-state index contributed by atoms with van der Waals surface area (Å²) in [6.07, 6.45) is -0.737. The van der Waals surface area contributed by atoms with Gasteiger partial charge in [0.2, 0.25) is 11.9 Å². The lowest BCUT2D eigenvalue weighted by molar-refractivity contribution is -0.154. The molecule has 1 atom stereocenters. The third kappa shape index (κ3) is 2.27. The predicted molar refractivity (Wildman–Crippen MR) is 59.5 cm³/mol. The first-order valence-electron chi connectivity index (χ1n) is 5.39. The van der Waals surface area contributed by atoms with Crippen molar-refractivity contribution in [3.8, 4) is 17.2 Å². The molecular formula is C12H14O5. The van der Waals surface area contributed by atoms with Gasteiger partial charge >= 0.3 is 5.97 Å². The van der Waals surface area contributed by atoms with Crippen LogP contribution in [0.15, 0.2) is 18.2 Å². The lowest BCUT2D eigenvalue weighted by atomic mass is 10.2. The summed E-state index contributed by atoms with van der Waals surface area (Å²) in [5.74, 6) is 1.13. The molecule has 2 rings (SSSR count). The molecule has 5 heteroatoms. The van der Waals surface area contributed by atoms with Crippen molar-refractivity contribution < 1.29 is 23.7 Å². The SMILES string of the molecule is CCOC(=O)C1COc2cccc(OC)c2O1. The number of benzene rings is 1. The number of methoxy groups -OCH3 is 1. The number of rotatable bonds is 3. The number of carbonyl (C=O) groups excluding carboxylic acids is 1. The summed E-state index contributed by atoms with van der Waals surface area (Å²) in [5.41, 5.74) is 0. The molecule has 0 saturated carbocycles. The fraction of sp³-hybridized carbons (Fsp3) is 0.417. The van der Waals surface area contributed by atoms with Gasteiger partial charge in [-0.2, -0.15) is 0 Å². The minimum absolute atomic E-state index is 0.152. The summed E-state index contributed by atoms with van der Waals surface area (Å²) >= 11 is 0. The van der Waals surface area contributed by atoms with Gasteiger partial charge in [-0.25, -0.2) is 4.79 Å². The summed E-state index contributed by atoms with van der Waals surface area (Å²) in [5, 5.41) is 0. The Bertz CT molecular complexity index is 401. The molecule has 1 aliphatic heterocycles. The lowest BCUT2D eigenvalue weighted by Crippen LogP contribution is -2.37. The molecule has 0 spiro atoms. The summed E-state index contributed by atoms with van der Waals surface area (Å²) in [4.78, 5) is 11.5. The highest BCUT2D eigenvalue weighted by atomic mass is 16.6. The number of fused-ring (bicyclic) bond motifs is 1. The summed E-state index contributed by atoms with van der Waals surface area (Å²) in [6, 6.07) is 5.31. The number of ether oxygens (including phenoxy) is 4. The van der Waals surface area contributed by atoms with Crippen molar-refractivity contribution in [3.05, 3.63) is 18.2 Å².